The van der Waals surface area contributed by atoms with E-state index in [0.717, 1.165) is 37.5 Å². The normalized spacial score (nSPS) is 45.9. The van der Waals surface area contributed by atoms with E-state index in [4.69, 9.17) is 0 Å². The Hall–Kier alpha value is -1.58. The fourth-order valence-corrected chi connectivity index (χ4v) is 6.08. The van der Waals surface area contributed by atoms with Crippen LogP contribution in [0.2, 0.25) is 0 Å². The summed E-state index contributed by atoms with van der Waals surface area (Å²) in [4.78, 5) is 48.9. The van der Waals surface area contributed by atoms with Gasteiger partial charge in [0.1, 0.15) is 17.9 Å². The number of aldehydes is 1. The molecule has 4 aliphatic rings. The van der Waals surface area contributed by atoms with Gasteiger partial charge < -0.3 is 4.79 Å². The van der Waals surface area contributed by atoms with Gasteiger partial charge in [-0.15, -0.1) is 0 Å². The third-order valence-electron chi connectivity index (χ3n) is 7.23. The summed E-state index contributed by atoms with van der Waals surface area (Å²) in [7, 11) is 0. The van der Waals surface area contributed by atoms with Crippen molar-refractivity contribution in [3.05, 3.63) is 11.6 Å². The van der Waals surface area contributed by atoms with E-state index in [-0.39, 0.29) is 46.9 Å². The van der Waals surface area contributed by atoms with Crippen molar-refractivity contribution in [2.24, 2.45) is 28.6 Å². The van der Waals surface area contributed by atoms with Gasteiger partial charge in [0.05, 0.1) is 5.41 Å². The number of carbonyl (C=O) groups is 4. The Morgan fingerprint density at radius 1 is 1.13 bits per heavy atom. The maximum atomic E-state index is 13.0. The first-order valence-corrected chi connectivity index (χ1v) is 8.68. The molecule has 0 aromatic carbocycles. The smallest absolute Gasteiger partial charge is 0.155 e. The summed E-state index contributed by atoms with van der Waals surface area (Å²) >= 11 is 0. The van der Waals surface area contributed by atoms with Crippen molar-refractivity contribution in [2.75, 3.05) is 0 Å². The molecule has 3 fully saturated rings. The van der Waals surface area contributed by atoms with Gasteiger partial charge in [-0.3, -0.25) is 14.4 Å². The van der Waals surface area contributed by atoms with E-state index in [1.165, 1.54) is 0 Å². The number of hydrogen-bond acceptors (Lipinski definition) is 4. The summed E-state index contributed by atoms with van der Waals surface area (Å²) in [6.07, 6.45) is 6.64. The fraction of sp³-hybridized carbons (Fsp3) is 0.684. The largest absolute Gasteiger partial charge is 0.302 e. The predicted octanol–water partition coefficient (Wildman–Crippen LogP) is 2.45. The average molecular weight is 314 g/mol. The van der Waals surface area contributed by atoms with E-state index < -0.39 is 5.41 Å². The third kappa shape index (κ3) is 1.78. The molecule has 0 amide bonds. The molecule has 0 radical (unpaired) electrons. The van der Waals surface area contributed by atoms with E-state index in [0.29, 0.717) is 12.8 Å². The minimum absolute atomic E-state index is 0.0196. The Balaban J connectivity index is 1.79. The van der Waals surface area contributed by atoms with Gasteiger partial charge >= 0.3 is 0 Å². The number of fused-ring (bicyclic) bond motifs is 5. The third-order valence-corrected chi connectivity index (χ3v) is 7.23. The lowest BCUT2D eigenvalue weighted by Crippen LogP contribution is -2.56. The molecule has 4 nitrogen and oxygen atoms in total. The van der Waals surface area contributed by atoms with E-state index in [1.54, 1.807) is 6.08 Å². The zero-order valence-corrected chi connectivity index (χ0v) is 13.5. The molecular weight excluding hydrogens is 292 g/mol. The van der Waals surface area contributed by atoms with Crippen LogP contribution in [0.15, 0.2) is 11.6 Å². The highest BCUT2D eigenvalue weighted by molar-refractivity contribution is 6.06. The molecule has 0 heterocycles. The van der Waals surface area contributed by atoms with Gasteiger partial charge in [-0.05, 0) is 49.0 Å². The van der Waals surface area contributed by atoms with Gasteiger partial charge in [0.15, 0.2) is 5.78 Å². The predicted molar refractivity (Wildman–Crippen MR) is 82.5 cm³/mol. The van der Waals surface area contributed by atoms with Crippen LogP contribution in [0.5, 0.6) is 0 Å². The van der Waals surface area contributed by atoms with Crippen LogP contribution in [-0.4, -0.2) is 23.6 Å². The van der Waals surface area contributed by atoms with Crippen LogP contribution in [-0.2, 0) is 19.2 Å². The Bertz CT molecular complexity index is 660. The molecule has 0 unspecified atom stereocenters. The molecule has 0 N–H and O–H groups in total. The molecule has 3 saturated carbocycles. The van der Waals surface area contributed by atoms with Crippen molar-refractivity contribution < 1.29 is 19.2 Å². The molecule has 0 aliphatic heterocycles. The average Bonchev–Trinajstić information content (AvgIpc) is 2.85. The number of ketones is 3. The summed E-state index contributed by atoms with van der Waals surface area (Å²) in [5.74, 6) is 0.206. The second-order valence-electron chi connectivity index (χ2n) is 8.10. The van der Waals surface area contributed by atoms with E-state index in [2.05, 4.69) is 6.92 Å². The second kappa shape index (κ2) is 4.71. The molecule has 4 heteroatoms. The SMILES string of the molecule is C[C@]12CCC(=O)C=C1CC[C@@H]1[C@@H]2C(=O)C[C@]2(C=O)C(=O)CC[C@@H]12. The number of Topliss-reactive ketones (excluding diaryl/α,β-unsaturated/α-hetero) is 2. The topological polar surface area (TPSA) is 68.3 Å². The van der Waals surface area contributed by atoms with Crippen molar-refractivity contribution in [1.82, 2.24) is 0 Å². The zero-order chi connectivity index (χ0) is 16.4. The van der Waals surface area contributed by atoms with Crippen molar-refractivity contribution in [3.8, 4) is 0 Å². The maximum absolute atomic E-state index is 13.0. The van der Waals surface area contributed by atoms with E-state index >= 15 is 0 Å². The molecule has 0 aromatic rings. The molecule has 0 aromatic heterocycles. The minimum atomic E-state index is -1.04. The number of rotatable bonds is 1. The Morgan fingerprint density at radius 3 is 2.65 bits per heavy atom. The Labute approximate surface area is 135 Å². The van der Waals surface area contributed by atoms with Crippen molar-refractivity contribution >= 4 is 23.6 Å². The highest BCUT2D eigenvalue weighted by Gasteiger charge is 2.64. The lowest BCUT2D eigenvalue weighted by molar-refractivity contribution is -0.154. The summed E-state index contributed by atoms with van der Waals surface area (Å²) < 4.78 is 0. The van der Waals surface area contributed by atoms with Crippen LogP contribution < -0.4 is 0 Å². The first-order valence-electron chi connectivity index (χ1n) is 8.68. The number of allylic oxidation sites excluding steroid dienone is 1. The molecule has 5 atom stereocenters. The summed E-state index contributed by atoms with van der Waals surface area (Å²) in [5.41, 5.74) is -0.180. The first-order chi connectivity index (χ1) is 10.9. The number of hydrogen-bond donors (Lipinski definition) is 0. The first kappa shape index (κ1) is 15.0. The summed E-state index contributed by atoms with van der Waals surface area (Å²) in [6.45, 7) is 2.12. The van der Waals surface area contributed by atoms with Crippen LogP contribution in [0.1, 0.15) is 51.9 Å². The molecule has 23 heavy (non-hydrogen) atoms. The number of carbonyl (C=O) groups excluding carboxylic acids is 4. The van der Waals surface area contributed by atoms with Crippen LogP contribution in [0, 0.1) is 28.6 Å². The van der Waals surface area contributed by atoms with Crippen LogP contribution in [0.3, 0.4) is 0 Å². The molecule has 4 aliphatic carbocycles. The Kier molecular flexibility index (Phi) is 3.07. The molecule has 4 rings (SSSR count). The van der Waals surface area contributed by atoms with Gasteiger partial charge in [0.2, 0.25) is 0 Å². The van der Waals surface area contributed by atoms with Crippen LogP contribution in [0.4, 0.5) is 0 Å². The van der Waals surface area contributed by atoms with Gasteiger partial charge in [0.25, 0.3) is 0 Å². The molecular formula is C19H22O4. The standard InChI is InChI=1S/C19H22O4/c1-18-7-6-12(21)8-11(18)2-3-13-14-4-5-16(23)19(14,10-20)9-15(22)17(13)18/h8,10,13-14,17H,2-7,9H2,1H3/t13-,14-,17+,18-,19+/m0/s1. The van der Waals surface area contributed by atoms with Crippen molar-refractivity contribution in [1.29, 1.82) is 0 Å². The summed E-state index contributed by atoms with van der Waals surface area (Å²) in [5, 5.41) is 0. The lowest BCUT2D eigenvalue weighted by Gasteiger charge is -2.55. The van der Waals surface area contributed by atoms with Crippen molar-refractivity contribution in [3.63, 3.8) is 0 Å². The maximum Gasteiger partial charge on any atom is 0.155 e. The molecule has 0 bridgehead atoms. The van der Waals surface area contributed by atoms with Crippen LogP contribution in [0.25, 0.3) is 0 Å². The molecule has 0 spiro atoms. The quantitative estimate of drug-likeness (QED) is 0.551. The second-order valence-corrected chi connectivity index (χ2v) is 8.10. The highest BCUT2D eigenvalue weighted by atomic mass is 16.2. The lowest BCUT2D eigenvalue weighted by atomic mass is 9.47. The monoisotopic (exact) mass is 314 g/mol. The fourth-order valence-electron chi connectivity index (χ4n) is 6.08. The van der Waals surface area contributed by atoms with Gasteiger partial charge in [-0.2, -0.15) is 0 Å². The van der Waals surface area contributed by atoms with Gasteiger partial charge in [-0.25, -0.2) is 0 Å². The molecule has 122 valence electrons. The van der Waals surface area contributed by atoms with E-state index in [9.17, 15) is 19.2 Å². The minimum Gasteiger partial charge on any atom is -0.302 e. The van der Waals surface area contributed by atoms with E-state index in [1.807, 2.05) is 0 Å². The highest BCUT2D eigenvalue weighted by Crippen LogP contribution is 2.62. The van der Waals surface area contributed by atoms with Crippen LogP contribution >= 0.6 is 0 Å². The van der Waals surface area contributed by atoms with Crippen molar-refractivity contribution in [2.45, 2.75) is 51.9 Å². The van der Waals surface area contributed by atoms with Gasteiger partial charge in [-0.1, -0.05) is 12.5 Å². The van der Waals surface area contributed by atoms with Gasteiger partial charge in [0, 0.05) is 25.2 Å². The Morgan fingerprint density at radius 2 is 1.91 bits per heavy atom. The zero-order valence-electron chi connectivity index (χ0n) is 13.5. The molecule has 0 saturated heterocycles. The summed E-state index contributed by atoms with van der Waals surface area (Å²) in [6, 6.07) is 0.